The van der Waals surface area contributed by atoms with Gasteiger partial charge in [-0.1, -0.05) is 11.6 Å². The highest BCUT2D eigenvalue weighted by molar-refractivity contribution is 7.89. The minimum absolute atomic E-state index is 0.0224. The van der Waals surface area contributed by atoms with Crippen LogP contribution in [0.5, 0.6) is 0 Å². The SMILES string of the molecule is N#Cc1ccc(S(=O)(=O)NCc2ccc(Cl)s2)cn1. The molecule has 0 bridgehead atoms. The summed E-state index contributed by atoms with van der Waals surface area (Å²) in [6.45, 7) is 0.166. The smallest absolute Gasteiger partial charge is 0.242 e. The number of rotatable bonds is 4. The van der Waals surface area contributed by atoms with Crippen LogP contribution >= 0.6 is 22.9 Å². The van der Waals surface area contributed by atoms with E-state index in [4.69, 9.17) is 16.9 Å². The Bertz CT molecular complexity index is 717. The minimum atomic E-state index is -3.63. The largest absolute Gasteiger partial charge is 0.244 e. The Morgan fingerprint density at radius 2 is 2.16 bits per heavy atom. The van der Waals surface area contributed by atoms with Crippen LogP contribution in [-0.2, 0) is 16.6 Å². The van der Waals surface area contributed by atoms with Crippen LogP contribution in [0, 0.1) is 11.3 Å². The first-order valence-corrected chi connectivity index (χ1v) is 7.79. The lowest BCUT2D eigenvalue weighted by Gasteiger charge is -2.04. The number of nitrogens with zero attached hydrogens (tertiary/aromatic N) is 2. The van der Waals surface area contributed by atoms with Gasteiger partial charge in [0.05, 0.1) is 4.34 Å². The second-order valence-electron chi connectivity index (χ2n) is 3.52. The fourth-order valence-electron chi connectivity index (χ4n) is 1.30. The van der Waals surface area contributed by atoms with Crippen molar-refractivity contribution in [2.75, 3.05) is 0 Å². The molecule has 0 aromatic carbocycles. The maximum atomic E-state index is 11.9. The fraction of sp³-hybridized carbons (Fsp3) is 0.0909. The Kier molecular flexibility index (Phi) is 4.17. The average Bonchev–Trinajstić information content (AvgIpc) is 2.82. The fourth-order valence-corrected chi connectivity index (χ4v) is 3.37. The number of hydrogen-bond donors (Lipinski definition) is 1. The lowest BCUT2D eigenvalue weighted by molar-refractivity contribution is 0.581. The molecule has 0 aliphatic carbocycles. The van der Waals surface area contributed by atoms with Crippen LogP contribution in [0.25, 0.3) is 0 Å². The molecule has 2 rings (SSSR count). The van der Waals surface area contributed by atoms with Gasteiger partial charge in [0, 0.05) is 17.6 Å². The van der Waals surface area contributed by atoms with Crippen LogP contribution in [0.4, 0.5) is 0 Å². The van der Waals surface area contributed by atoms with Gasteiger partial charge in [-0.05, 0) is 24.3 Å². The monoisotopic (exact) mass is 313 g/mol. The van der Waals surface area contributed by atoms with Crippen LogP contribution < -0.4 is 4.72 Å². The zero-order chi connectivity index (χ0) is 13.9. The first-order chi connectivity index (χ1) is 9.01. The van der Waals surface area contributed by atoms with Crippen molar-refractivity contribution >= 4 is 33.0 Å². The number of aromatic nitrogens is 1. The molecular weight excluding hydrogens is 306 g/mol. The molecular formula is C11H8ClN3O2S2. The van der Waals surface area contributed by atoms with Gasteiger partial charge in [0.2, 0.25) is 10.0 Å². The highest BCUT2D eigenvalue weighted by Gasteiger charge is 2.14. The van der Waals surface area contributed by atoms with Crippen molar-refractivity contribution in [3.05, 3.63) is 45.4 Å². The van der Waals surface area contributed by atoms with Crippen LogP contribution in [0.15, 0.2) is 35.4 Å². The summed E-state index contributed by atoms with van der Waals surface area (Å²) in [6.07, 6.45) is 1.16. The molecule has 0 saturated carbocycles. The van der Waals surface area contributed by atoms with Crippen molar-refractivity contribution < 1.29 is 8.42 Å². The van der Waals surface area contributed by atoms with Crippen LogP contribution in [0.3, 0.4) is 0 Å². The van der Waals surface area contributed by atoms with E-state index in [-0.39, 0.29) is 17.1 Å². The summed E-state index contributed by atoms with van der Waals surface area (Å²) in [5.41, 5.74) is 0.170. The highest BCUT2D eigenvalue weighted by Crippen LogP contribution is 2.21. The highest BCUT2D eigenvalue weighted by atomic mass is 35.5. The maximum absolute atomic E-state index is 11.9. The first kappa shape index (κ1) is 14.0. The number of nitrogens with one attached hydrogen (secondary N) is 1. The molecule has 98 valence electrons. The Labute approximate surface area is 119 Å². The minimum Gasteiger partial charge on any atom is -0.244 e. The van der Waals surface area contributed by atoms with Crippen LogP contribution in [0.1, 0.15) is 10.6 Å². The van der Waals surface area contributed by atoms with Crippen molar-refractivity contribution in [1.82, 2.24) is 9.71 Å². The van der Waals surface area contributed by atoms with Crippen LogP contribution in [0.2, 0.25) is 4.34 Å². The average molecular weight is 314 g/mol. The summed E-state index contributed by atoms with van der Waals surface area (Å²) in [4.78, 5) is 4.56. The molecule has 19 heavy (non-hydrogen) atoms. The van der Waals surface area contributed by atoms with E-state index in [9.17, 15) is 8.42 Å². The Balaban J connectivity index is 2.11. The Morgan fingerprint density at radius 3 is 2.68 bits per heavy atom. The molecule has 1 N–H and O–H groups in total. The van der Waals surface area contributed by atoms with Gasteiger partial charge in [0.1, 0.15) is 16.7 Å². The molecule has 8 heteroatoms. The quantitative estimate of drug-likeness (QED) is 0.937. The van der Waals surface area contributed by atoms with E-state index >= 15 is 0 Å². The standard InChI is InChI=1S/C11H8ClN3O2S2/c12-11-4-2-9(18-11)6-15-19(16,17)10-3-1-8(5-13)14-7-10/h1-4,7,15H,6H2. The number of sulfonamides is 1. The van der Waals surface area contributed by atoms with Gasteiger partial charge >= 0.3 is 0 Å². The second-order valence-corrected chi connectivity index (χ2v) is 7.09. The van der Waals surface area contributed by atoms with E-state index < -0.39 is 10.0 Å². The molecule has 0 aliphatic rings. The zero-order valence-corrected chi connectivity index (χ0v) is 11.9. The topological polar surface area (TPSA) is 82.8 Å². The number of thiophene rings is 1. The molecule has 0 unspecified atom stereocenters. The van der Waals surface area contributed by atoms with E-state index in [0.29, 0.717) is 4.34 Å². The summed E-state index contributed by atoms with van der Waals surface area (Å²) in [5, 5.41) is 8.60. The Hall–Kier alpha value is -1.46. The van der Waals surface area contributed by atoms with E-state index in [1.807, 2.05) is 6.07 Å². The summed E-state index contributed by atoms with van der Waals surface area (Å²) < 4.78 is 26.9. The van der Waals surface area contributed by atoms with Crippen molar-refractivity contribution in [3.63, 3.8) is 0 Å². The van der Waals surface area contributed by atoms with Crippen molar-refractivity contribution in [2.45, 2.75) is 11.4 Å². The number of halogens is 1. The Morgan fingerprint density at radius 1 is 1.37 bits per heavy atom. The predicted molar refractivity (Wildman–Crippen MR) is 72.3 cm³/mol. The predicted octanol–water partition coefficient (Wildman–Crippen LogP) is 2.15. The van der Waals surface area contributed by atoms with Gasteiger partial charge in [-0.2, -0.15) is 5.26 Å². The number of nitriles is 1. The third-order valence-electron chi connectivity index (χ3n) is 2.23. The molecule has 2 heterocycles. The summed E-state index contributed by atoms with van der Waals surface area (Å²) >= 11 is 7.07. The molecule has 2 aromatic rings. The van der Waals surface area contributed by atoms with Crippen molar-refractivity contribution in [3.8, 4) is 6.07 Å². The van der Waals surface area contributed by atoms with E-state index in [2.05, 4.69) is 9.71 Å². The molecule has 0 saturated heterocycles. The van der Waals surface area contributed by atoms with E-state index in [1.54, 1.807) is 12.1 Å². The van der Waals surface area contributed by atoms with Gasteiger partial charge < -0.3 is 0 Å². The molecule has 0 spiro atoms. The molecule has 0 radical (unpaired) electrons. The molecule has 2 aromatic heterocycles. The number of pyridine rings is 1. The lowest BCUT2D eigenvalue weighted by atomic mass is 10.4. The van der Waals surface area contributed by atoms with Gasteiger partial charge in [-0.3, -0.25) is 0 Å². The van der Waals surface area contributed by atoms with Crippen molar-refractivity contribution in [1.29, 1.82) is 5.26 Å². The third-order valence-corrected chi connectivity index (χ3v) is 4.84. The third kappa shape index (κ3) is 3.52. The van der Waals surface area contributed by atoms with Crippen LogP contribution in [-0.4, -0.2) is 13.4 Å². The van der Waals surface area contributed by atoms with E-state index in [1.165, 1.54) is 23.5 Å². The summed E-state index contributed by atoms with van der Waals surface area (Å²) in [5.74, 6) is 0. The van der Waals surface area contributed by atoms with Gasteiger partial charge in [-0.25, -0.2) is 18.1 Å². The normalized spacial score (nSPS) is 11.2. The van der Waals surface area contributed by atoms with Gasteiger partial charge in [0.15, 0.2) is 0 Å². The molecule has 0 aliphatic heterocycles. The number of hydrogen-bond acceptors (Lipinski definition) is 5. The molecule has 5 nitrogen and oxygen atoms in total. The summed E-state index contributed by atoms with van der Waals surface area (Å²) in [7, 11) is -3.63. The zero-order valence-electron chi connectivity index (χ0n) is 9.50. The van der Waals surface area contributed by atoms with E-state index in [0.717, 1.165) is 11.1 Å². The lowest BCUT2D eigenvalue weighted by Crippen LogP contribution is -2.22. The first-order valence-electron chi connectivity index (χ1n) is 5.11. The van der Waals surface area contributed by atoms with Gasteiger partial charge in [-0.15, -0.1) is 11.3 Å². The van der Waals surface area contributed by atoms with Crippen molar-refractivity contribution in [2.24, 2.45) is 0 Å². The maximum Gasteiger partial charge on any atom is 0.242 e. The second kappa shape index (κ2) is 5.67. The molecule has 0 atom stereocenters. The molecule has 0 fully saturated rings. The molecule has 0 amide bonds. The van der Waals surface area contributed by atoms with Gasteiger partial charge in [0.25, 0.3) is 0 Å². The summed E-state index contributed by atoms with van der Waals surface area (Å²) in [6, 6.07) is 7.99.